The smallest absolute Gasteiger partial charge is 0.343 e. The van der Waals surface area contributed by atoms with Gasteiger partial charge >= 0.3 is 5.97 Å². The first-order valence-electron chi connectivity index (χ1n) is 13.3. The van der Waals surface area contributed by atoms with Gasteiger partial charge in [0.15, 0.2) is 5.60 Å². The Balaban J connectivity index is 1.57. The highest BCUT2D eigenvalue weighted by atomic mass is 19.1. The fourth-order valence-electron chi connectivity index (χ4n) is 6.18. The van der Waals surface area contributed by atoms with Gasteiger partial charge in [-0.05, 0) is 62.8 Å². The van der Waals surface area contributed by atoms with Crippen molar-refractivity contribution in [3.05, 3.63) is 61.7 Å². The molecule has 0 saturated heterocycles. The van der Waals surface area contributed by atoms with Crippen molar-refractivity contribution in [1.29, 1.82) is 0 Å². The molecular formula is C29H30FN3O6. The number of esters is 1. The number of aromatic nitrogens is 2. The summed E-state index contributed by atoms with van der Waals surface area (Å²) in [6.45, 7) is 6.98. The SMILES string of the molecule is CC[C@@]1(O)C(=O)OCc2c1cc1n(c2=O)Cc2c-1nc1cc(F)c(C)c3c1c2C(NC(=O)COC(C)C)CC3. The quantitative estimate of drug-likeness (QED) is 0.377. The minimum atomic E-state index is -1.94. The Labute approximate surface area is 223 Å². The molecule has 2 aromatic heterocycles. The second-order valence-corrected chi connectivity index (χ2v) is 10.8. The summed E-state index contributed by atoms with van der Waals surface area (Å²) in [6, 6.07) is 2.64. The third kappa shape index (κ3) is 3.72. The molecule has 0 fully saturated rings. The summed E-state index contributed by atoms with van der Waals surface area (Å²) < 4.78 is 27.2. The van der Waals surface area contributed by atoms with E-state index in [1.807, 2.05) is 13.8 Å². The minimum absolute atomic E-state index is 0.0331. The zero-order chi connectivity index (χ0) is 27.8. The van der Waals surface area contributed by atoms with Crippen LogP contribution in [0.3, 0.4) is 0 Å². The summed E-state index contributed by atoms with van der Waals surface area (Å²) in [6.07, 6.45) is 1.05. The normalized spacial score (nSPS) is 21.0. The maximum atomic E-state index is 15.0. The van der Waals surface area contributed by atoms with Crippen molar-refractivity contribution in [2.24, 2.45) is 0 Å². The van der Waals surface area contributed by atoms with Crippen LogP contribution >= 0.6 is 0 Å². The number of carbonyl (C=O) groups is 2. The van der Waals surface area contributed by atoms with Gasteiger partial charge in [0.2, 0.25) is 5.91 Å². The van der Waals surface area contributed by atoms with Gasteiger partial charge in [-0.1, -0.05) is 6.92 Å². The van der Waals surface area contributed by atoms with E-state index in [9.17, 15) is 23.9 Å². The molecule has 204 valence electrons. The number of rotatable bonds is 5. The van der Waals surface area contributed by atoms with Gasteiger partial charge in [-0.15, -0.1) is 0 Å². The topological polar surface area (TPSA) is 120 Å². The molecule has 0 radical (unpaired) electrons. The number of cyclic esters (lactones) is 1. The van der Waals surface area contributed by atoms with E-state index < -0.39 is 11.6 Å². The Morgan fingerprint density at radius 3 is 2.79 bits per heavy atom. The standard InChI is InChI=1S/C29H30FN3O6/c1-5-29(37)18-8-22-26-16(10-33(22)27(35)17(18)11-39-28(29)36)25-20(31-23(34)12-38-13(2)3)7-6-15-14(4)19(30)9-21(32-26)24(15)25/h8-9,13,20,37H,5-7,10-12H2,1-4H3,(H,31,34)/t20?,29-/m0/s1. The van der Waals surface area contributed by atoms with Gasteiger partial charge in [0.05, 0.1) is 41.2 Å². The van der Waals surface area contributed by atoms with E-state index in [-0.39, 0.29) is 66.7 Å². The second-order valence-electron chi connectivity index (χ2n) is 10.8. The number of carbonyl (C=O) groups excluding carboxylic acids is 2. The molecule has 6 rings (SSSR count). The number of aryl methyl sites for hydroxylation is 1. The number of pyridine rings is 2. The number of amides is 1. The van der Waals surface area contributed by atoms with E-state index >= 15 is 0 Å². The fraction of sp³-hybridized carbons (Fsp3) is 0.448. The molecule has 3 aliphatic rings. The molecule has 0 bridgehead atoms. The van der Waals surface area contributed by atoms with Gasteiger partial charge in [0, 0.05) is 22.6 Å². The first-order valence-corrected chi connectivity index (χ1v) is 13.3. The van der Waals surface area contributed by atoms with Crippen LogP contribution in [-0.4, -0.2) is 39.2 Å². The molecule has 10 heteroatoms. The van der Waals surface area contributed by atoms with E-state index in [0.29, 0.717) is 35.3 Å². The van der Waals surface area contributed by atoms with Crippen molar-refractivity contribution in [2.75, 3.05) is 6.61 Å². The predicted octanol–water partition coefficient (Wildman–Crippen LogP) is 3.06. The Bertz CT molecular complexity index is 1640. The summed E-state index contributed by atoms with van der Waals surface area (Å²) in [5.41, 5.74) is 2.44. The molecule has 4 heterocycles. The van der Waals surface area contributed by atoms with E-state index in [1.165, 1.54) is 6.07 Å². The molecule has 0 spiro atoms. The van der Waals surface area contributed by atoms with Crippen LogP contribution in [0.2, 0.25) is 0 Å². The van der Waals surface area contributed by atoms with Gasteiger partial charge in [-0.3, -0.25) is 9.59 Å². The third-order valence-electron chi connectivity index (χ3n) is 8.26. The molecule has 9 nitrogen and oxygen atoms in total. The first kappa shape index (κ1) is 25.6. The summed E-state index contributed by atoms with van der Waals surface area (Å²) >= 11 is 0. The van der Waals surface area contributed by atoms with Crippen molar-refractivity contribution >= 4 is 22.8 Å². The predicted molar refractivity (Wildman–Crippen MR) is 140 cm³/mol. The van der Waals surface area contributed by atoms with Crippen LogP contribution in [0.1, 0.15) is 73.0 Å². The molecule has 2 aliphatic heterocycles. The highest BCUT2D eigenvalue weighted by molar-refractivity contribution is 5.94. The van der Waals surface area contributed by atoms with E-state index in [1.54, 1.807) is 24.5 Å². The largest absolute Gasteiger partial charge is 0.458 e. The number of aliphatic hydroxyl groups is 1. The lowest BCUT2D eigenvalue weighted by Gasteiger charge is -2.31. The Kier molecular flexibility index (Phi) is 5.89. The van der Waals surface area contributed by atoms with Crippen LogP contribution in [0.25, 0.3) is 22.3 Å². The molecule has 0 saturated carbocycles. The number of hydrogen-bond acceptors (Lipinski definition) is 7. The molecule has 1 aliphatic carbocycles. The van der Waals surface area contributed by atoms with Crippen molar-refractivity contribution in [1.82, 2.24) is 14.9 Å². The zero-order valence-electron chi connectivity index (χ0n) is 22.3. The van der Waals surface area contributed by atoms with Gasteiger partial charge in [0.1, 0.15) is 19.0 Å². The number of halogens is 1. The van der Waals surface area contributed by atoms with E-state index in [0.717, 1.165) is 22.1 Å². The van der Waals surface area contributed by atoms with Crippen molar-refractivity contribution in [2.45, 2.75) is 77.9 Å². The Hall–Kier alpha value is -3.63. The third-order valence-corrected chi connectivity index (χ3v) is 8.26. The van der Waals surface area contributed by atoms with Crippen LogP contribution in [0.4, 0.5) is 4.39 Å². The number of fused-ring (bicyclic) bond motifs is 5. The average Bonchev–Trinajstić information content (AvgIpc) is 3.27. The number of ether oxygens (including phenoxy) is 2. The number of nitrogens with one attached hydrogen (secondary N) is 1. The number of benzene rings is 1. The summed E-state index contributed by atoms with van der Waals surface area (Å²) in [7, 11) is 0. The van der Waals surface area contributed by atoms with Crippen molar-refractivity contribution < 1.29 is 28.6 Å². The van der Waals surface area contributed by atoms with Crippen LogP contribution in [0.5, 0.6) is 0 Å². The van der Waals surface area contributed by atoms with E-state index in [4.69, 9.17) is 14.5 Å². The first-order chi connectivity index (χ1) is 18.5. The lowest BCUT2D eigenvalue weighted by Crippen LogP contribution is -2.44. The molecule has 1 aromatic carbocycles. The lowest BCUT2D eigenvalue weighted by molar-refractivity contribution is -0.172. The van der Waals surface area contributed by atoms with Gasteiger partial charge in [-0.2, -0.15) is 0 Å². The highest BCUT2D eigenvalue weighted by Gasteiger charge is 2.46. The van der Waals surface area contributed by atoms with Crippen LogP contribution in [-0.2, 0) is 44.2 Å². The summed E-state index contributed by atoms with van der Waals surface area (Å²) in [4.78, 5) is 43.8. The van der Waals surface area contributed by atoms with Crippen LogP contribution < -0.4 is 10.9 Å². The fourth-order valence-corrected chi connectivity index (χ4v) is 6.18. The molecule has 2 atom stereocenters. The summed E-state index contributed by atoms with van der Waals surface area (Å²) in [5, 5.41) is 15.0. The van der Waals surface area contributed by atoms with Crippen LogP contribution in [0.15, 0.2) is 16.9 Å². The Morgan fingerprint density at radius 2 is 2.08 bits per heavy atom. The number of nitrogens with zero attached hydrogens (tertiary/aromatic N) is 2. The highest BCUT2D eigenvalue weighted by Crippen LogP contribution is 2.45. The average molecular weight is 536 g/mol. The van der Waals surface area contributed by atoms with Gasteiger partial charge in [-0.25, -0.2) is 14.2 Å². The minimum Gasteiger partial charge on any atom is -0.458 e. The zero-order valence-corrected chi connectivity index (χ0v) is 22.3. The monoisotopic (exact) mass is 535 g/mol. The number of hydrogen-bond donors (Lipinski definition) is 2. The molecule has 2 N–H and O–H groups in total. The van der Waals surface area contributed by atoms with Gasteiger partial charge < -0.3 is 24.5 Å². The molecule has 1 amide bonds. The Morgan fingerprint density at radius 1 is 1.31 bits per heavy atom. The van der Waals surface area contributed by atoms with Crippen molar-refractivity contribution in [3.63, 3.8) is 0 Å². The summed E-state index contributed by atoms with van der Waals surface area (Å²) in [5.74, 6) is -1.43. The van der Waals surface area contributed by atoms with Crippen molar-refractivity contribution in [3.8, 4) is 11.4 Å². The van der Waals surface area contributed by atoms with Gasteiger partial charge in [0.25, 0.3) is 5.56 Å². The molecular weight excluding hydrogens is 505 g/mol. The maximum Gasteiger partial charge on any atom is 0.343 e. The maximum absolute atomic E-state index is 15.0. The lowest BCUT2D eigenvalue weighted by atomic mass is 9.81. The molecule has 39 heavy (non-hydrogen) atoms. The van der Waals surface area contributed by atoms with E-state index in [2.05, 4.69) is 5.32 Å². The second kappa shape index (κ2) is 8.96. The molecule has 1 unspecified atom stereocenters. The van der Waals surface area contributed by atoms with Crippen LogP contribution in [0, 0.1) is 12.7 Å². The molecule has 3 aromatic rings.